The molecule has 0 bridgehead atoms. The van der Waals surface area contributed by atoms with Crippen LogP contribution in [-0.4, -0.2) is 22.9 Å². The van der Waals surface area contributed by atoms with Crippen LogP contribution in [-0.2, 0) is 20.0 Å². The van der Waals surface area contributed by atoms with Gasteiger partial charge in [0.1, 0.15) is 4.21 Å². The van der Waals surface area contributed by atoms with Crippen molar-refractivity contribution in [1.82, 2.24) is 4.72 Å². The van der Waals surface area contributed by atoms with Crippen molar-refractivity contribution in [2.45, 2.75) is 34.9 Å². The molecule has 1 aromatic carbocycles. The summed E-state index contributed by atoms with van der Waals surface area (Å²) >= 11 is 1.18. The molecular weight excluding hydrogens is 356 g/mol. The molecule has 2 N–H and O–H groups in total. The third-order valence-electron chi connectivity index (χ3n) is 3.30. The second-order valence-corrected chi connectivity index (χ2v) is 10.3. The maximum atomic E-state index is 12.2. The Morgan fingerprint density at radius 2 is 1.61 bits per heavy atom. The monoisotopic (exact) mass is 372 g/mol. The lowest BCUT2D eigenvalue weighted by Gasteiger charge is -2.08. The van der Waals surface area contributed by atoms with Crippen LogP contribution in [0.25, 0.3) is 0 Å². The van der Waals surface area contributed by atoms with E-state index in [0.29, 0.717) is 5.69 Å². The predicted molar refractivity (Wildman–Crippen MR) is 89.7 cm³/mol. The first-order chi connectivity index (χ1) is 10.8. The van der Waals surface area contributed by atoms with Crippen molar-refractivity contribution < 1.29 is 16.8 Å². The Morgan fingerprint density at radius 3 is 2.13 bits per heavy atom. The van der Waals surface area contributed by atoms with E-state index in [2.05, 4.69) is 9.44 Å². The summed E-state index contributed by atoms with van der Waals surface area (Å²) in [5.41, 5.74) is 0.321. The van der Waals surface area contributed by atoms with Crippen LogP contribution in [0.2, 0.25) is 0 Å². The van der Waals surface area contributed by atoms with Gasteiger partial charge in [-0.3, -0.25) is 4.72 Å². The number of rotatable bonds is 6. The lowest BCUT2D eigenvalue weighted by atomic mass is 10.3. The molecule has 0 amide bonds. The third-order valence-corrected chi connectivity index (χ3v) is 7.71. The quantitative estimate of drug-likeness (QED) is 0.814. The first-order valence-corrected chi connectivity index (χ1v) is 10.8. The zero-order chi connectivity index (χ0) is 16.7. The number of anilines is 1. The number of sulfonamides is 2. The Balaban J connectivity index is 1.77. The first kappa shape index (κ1) is 16.4. The second-order valence-electron chi connectivity index (χ2n) is 5.39. The number of benzene rings is 1. The van der Waals surface area contributed by atoms with Gasteiger partial charge >= 0.3 is 0 Å². The van der Waals surface area contributed by atoms with Crippen molar-refractivity contribution in [3.63, 3.8) is 0 Å². The second kappa shape index (κ2) is 5.90. The Hall–Kier alpha value is -1.42. The summed E-state index contributed by atoms with van der Waals surface area (Å²) in [7, 11) is -7.18. The fourth-order valence-electron chi connectivity index (χ4n) is 1.95. The molecule has 0 atom stereocenters. The fourth-order valence-corrected chi connectivity index (χ4v) is 5.60. The molecule has 1 aliphatic carbocycles. The number of thiophene rings is 1. The molecule has 0 aliphatic heterocycles. The molecule has 0 spiro atoms. The third kappa shape index (κ3) is 3.92. The fraction of sp³-hybridized carbons (Fsp3) is 0.286. The molecular formula is C14H16N2O4S3. The van der Waals surface area contributed by atoms with Crippen molar-refractivity contribution in [3.8, 4) is 0 Å². The zero-order valence-corrected chi connectivity index (χ0v) is 14.8. The van der Waals surface area contributed by atoms with Gasteiger partial charge in [-0.25, -0.2) is 21.6 Å². The van der Waals surface area contributed by atoms with Crippen LogP contribution in [0.5, 0.6) is 0 Å². The highest BCUT2D eigenvalue weighted by molar-refractivity contribution is 7.94. The normalized spacial score (nSPS) is 15.5. The molecule has 9 heteroatoms. The van der Waals surface area contributed by atoms with Crippen molar-refractivity contribution >= 4 is 37.1 Å². The molecule has 1 saturated carbocycles. The Labute approximate surface area is 139 Å². The zero-order valence-electron chi connectivity index (χ0n) is 12.3. The van der Waals surface area contributed by atoms with Crippen LogP contribution in [0.3, 0.4) is 0 Å². The van der Waals surface area contributed by atoms with E-state index >= 15 is 0 Å². The van der Waals surface area contributed by atoms with E-state index in [1.807, 2.05) is 6.92 Å². The average molecular weight is 372 g/mol. The Bertz CT molecular complexity index is 911. The van der Waals surface area contributed by atoms with Gasteiger partial charge in [-0.05, 0) is 56.2 Å². The molecule has 3 rings (SSSR count). The van der Waals surface area contributed by atoms with Gasteiger partial charge in [0, 0.05) is 16.6 Å². The minimum Gasteiger partial charge on any atom is -0.279 e. The molecule has 0 saturated heterocycles. The van der Waals surface area contributed by atoms with Crippen LogP contribution in [0.1, 0.15) is 17.7 Å². The predicted octanol–water partition coefficient (Wildman–Crippen LogP) is 2.30. The van der Waals surface area contributed by atoms with Crippen molar-refractivity contribution in [1.29, 1.82) is 0 Å². The van der Waals surface area contributed by atoms with E-state index < -0.39 is 20.0 Å². The Kier molecular flexibility index (Phi) is 4.21. The van der Waals surface area contributed by atoms with E-state index in [0.717, 1.165) is 17.7 Å². The van der Waals surface area contributed by atoms with E-state index in [1.54, 1.807) is 12.1 Å². The maximum absolute atomic E-state index is 12.2. The van der Waals surface area contributed by atoms with E-state index in [4.69, 9.17) is 0 Å². The maximum Gasteiger partial charge on any atom is 0.271 e. The van der Waals surface area contributed by atoms with Gasteiger partial charge in [0.2, 0.25) is 10.0 Å². The molecule has 6 nitrogen and oxygen atoms in total. The smallest absolute Gasteiger partial charge is 0.271 e. The standard InChI is InChI=1S/C14H16N2O4S3/c1-10-2-9-14(21-10)23(19,20)16-12-5-7-13(8-6-12)22(17,18)15-11-3-4-11/h2,5-9,11,15-16H,3-4H2,1H3. The molecule has 1 aliphatic rings. The molecule has 0 radical (unpaired) electrons. The van der Waals surface area contributed by atoms with Gasteiger partial charge in [0.25, 0.3) is 10.0 Å². The van der Waals surface area contributed by atoms with E-state index in [-0.39, 0.29) is 15.1 Å². The minimum absolute atomic E-state index is 0.0280. The largest absolute Gasteiger partial charge is 0.279 e. The number of aryl methyl sites for hydroxylation is 1. The van der Waals surface area contributed by atoms with E-state index in [1.165, 1.54) is 35.6 Å². The highest BCUT2D eigenvalue weighted by Gasteiger charge is 2.28. The van der Waals surface area contributed by atoms with Crippen LogP contribution in [0.15, 0.2) is 45.5 Å². The minimum atomic E-state index is -3.65. The summed E-state index contributed by atoms with van der Waals surface area (Å²) < 4.78 is 53.8. The lowest BCUT2D eigenvalue weighted by molar-refractivity contribution is 0.581. The summed E-state index contributed by atoms with van der Waals surface area (Å²) in [6.07, 6.45) is 1.72. The summed E-state index contributed by atoms with van der Waals surface area (Å²) in [5.74, 6) is 0. The highest BCUT2D eigenvalue weighted by Crippen LogP contribution is 2.25. The van der Waals surface area contributed by atoms with Crippen LogP contribution < -0.4 is 9.44 Å². The van der Waals surface area contributed by atoms with Crippen LogP contribution in [0.4, 0.5) is 5.69 Å². The summed E-state index contributed by atoms with van der Waals surface area (Å²) in [4.78, 5) is 1.03. The average Bonchev–Trinajstić information content (AvgIpc) is 3.15. The summed E-state index contributed by atoms with van der Waals surface area (Å²) in [6.45, 7) is 1.83. The number of hydrogen-bond donors (Lipinski definition) is 2. The van der Waals surface area contributed by atoms with E-state index in [9.17, 15) is 16.8 Å². The van der Waals surface area contributed by atoms with Crippen molar-refractivity contribution in [3.05, 3.63) is 41.3 Å². The van der Waals surface area contributed by atoms with Gasteiger partial charge in [-0.2, -0.15) is 0 Å². The highest BCUT2D eigenvalue weighted by atomic mass is 32.2. The van der Waals surface area contributed by atoms with Gasteiger partial charge in [0.05, 0.1) is 4.90 Å². The molecule has 1 heterocycles. The molecule has 2 aromatic rings. The topological polar surface area (TPSA) is 92.3 Å². The molecule has 1 fully saturated rings. The van der Waals surface area contributed by atoms with Crippen molar-refractivity contribution in [2.75, 3.05) is 4.72 Å². The van der Waals surface area contributed by atoms with Gasteiger partial charge in [-0.15, -0.1) is 11.3 Å². The molecule has 0 unspecified atom stereocenters. The number of nitrogens with one attached hydrogen (secondary N) is 2. The SMILES string of the molecule is Cc1ccc(S(=O)(=O)Nc2ccc(S(=O)(=O)NC3CC3)cc2)s1. The van der Waals surface area contributed by atoms with Crippen molar-refractivity contribution in [2.24, 2.45) is 0 Å². The molecule has 124 valence electrons. The summed E-state index contributed by atoms with van der Waals surface area (Å²) in [6, 6.07) is 8.98. The van der Waals surface area contributed by atoms with Crippen LogP contribution >= 0.6 is 11.3 Å². The Morgan fingerprint density at radius 1 is 0.957 bits per heavy atom. The van der Waals surface area contributed by atoms with Crippen LogP contribution in [0, 0.1) is 6.92 Å². The van der Waals surface area contributed by atoms with Gasteiger partial charge in [-0.1, -0.05) is 0 Å². The van der Waals surface area contributed by atoms with Gasteiger partial charge in [0.15, 0.2) is 0 Å². The lowest BCUT2D eigenvalue weighted by Crippen LogP contribution is -2.25. The number of hydrogen-bond acceptors (Lipinski definition) is 5. The van der Waals surface area contributed by atoms with Gasteiger partial charge < -0.3 is 0 Å². The molecule has 1 aromatic heterocycles. The summed E-state index contributed by atoms with van der Waals surface area (Å²) in [5, 5.41) is 0. The first-order valence-electron chi connectivity index (χ1n) is 6.98. The molecule has 23 heavy (non-hydrogen) atoms.